The Morgan fingerprint density at radius 3 is 2.55 bits per heavy atom. The summed E-state index contributed by atoms with van der Waals surface area (Å²) in [5.74, 6) is -0.851. The number of hydrogen-bond donors (Lipinski definition) is 1. The first-order valence-corrected chi connectivity index (χ1v) is 10.0. The van der Waals surface area contributed by atoms with E-state index in [-0.39, 0.29) is 6.54 Å². The van der Waals surface area contributed by atoms with Crippen molar-refractivity contribution in [3.05, 3.63) is 81.8 Å². The standard InChI is InChI=1S/C23H22N2O3S/c1-15-9-10-17(3)19(12-15)24-21(26)14-25-22(27)20(29-23(25)28)13-16(2)11-18-7-5-4-6-8-18/h4-13H,14H2,1-3H3,(H,24,26)/b16-11+,20-13+. The van der Waals surface area contributed by atoms with Gasteiger partial charge in [-0.15, -0.1) is 0 Å². The molecule has 1 aliphatic heterocycles. The lowest BCUT2D eigenvalue weighted by atomic mass is 10.1. The summed E-state index contributed by atoms with van der Waals surface area (Å²) in [6.45, 7) is 5.38. The molecular formula is C23H22N2O3S. The molecule has 3 amide bonds. The normalized spacial score (nSPS) is 15.9. The average molecular weight is 407 g/mol. The molecule has 0 aromatic heterocycles. The second-order valence-electron chi connectivity index (χ2n) is 6.93. The number of amides is 3. The number of carbonyl (C=O) groups excluding carboxylic acids is 3. The van der Waals surface area contributed by atoms with Crippen LogP contribution in [0.25, 0.3) is 6.08 Å². The predicted molar refractivity (Wildman–Crippen MR) is 117 cm³/mol. The van der Waals surface area contributed by atoms with Crippen molar-refractivity contribution in [3.8, 4) is 0 Å². The van der Waals surface area contributed by atoms with E-state index in [2.05, 4.69) is 5.32 Å². The maximum absolute atomic E-state index is 12.6. The van der Waals surface area contributed by atoms with Crippen LogP contribution in [0.2, 0.25) is 0 Å². The highest BCUT2D eigenvalue weighted by atomic mass is 32.2. The van der Waals surface area contributed by atoms with Crippen LogP contribution in [0.4, 0.5) is 10.5 Å². The van der Waals surface area contributed by atoms with Crippen molar-refractivity contribution in [2.45, 2.75) is 20.8 Å². The quantitative estimate of drug-likeness (QED) is 0.716. The molecule has 6 heteroatoms. The van der Waals surface area contributed by atoms with Crippen molar-refractivity contribution in [2.24, 2.45) is 0 Å². The van der Waals surface area contributed by atoms with Gasteiger partial charge in [0.2, 0.25) is 5.91 Å². The lowest BCUT2D eigenvalue weighted by Gasteiger charge is -2.14. The van der Waals surface area contributed by atoms with E-state index < -0.39 is 17.1 Å². The van der Waals surface area contributed by atoms with Gasteiger partial charge in [0, 0.05) is 5.69 Å². The van der Waals surface area contributed by atoms with Gasteiger partial charge in [-0.2, -0.15) is 0 Å². The van der Waals surface area contributed by atoms with Crippen LogP contribution in [0.1, 0.15) is 23.6 Å². The first-order chi connectivity index (χ1) is 13.8. The molecular weight excluding hydrogens is 384 g/mol. The topological polar surface area (TPSA) is 66.5 Å². The number of carbonyl (C=O) groups is 3. The third-order valence-electron chi connectivity index (χ3n) is 4.40. The fourth-order valence-electron chi connectivity index (χ4n) is 2.90. The van der Waals surface area contributed by atoms with Gasteiger partial charge in [0.15, 0.2) is 0 Å². The molecule has 148 valence electrons. The molecule has 2 aromatic rings. The van der Waals surface area contributed by atoms with Gasteiger partial charge in [-0.25, -0.2) is 0 Å². The van der Waals surface area contributed by atoms with Gasteiger partial charge in [0.1, 0.15) is 6.54 Å². The molecule has 5 nitrogen and oxygen atoms in total. The van der Waals surface area contributed by atoms with Crippen LogP contribution in [-0.2, 0) is 9.59 Å². The van der Waals surface area contributed by atoms with E-state index in [1.165, 1.54) is 0 Å². The van der Waals surface area contributed by atoms with E-state index in [1.807, 2.05) is 75.4 Å². The summed E-state index contributed by atoms with van der Waals surface area (Å²) in [5.41, 5.74) is 4.47. The molecule has 0 aliphatic carbocycles. The third kappa shape index (κ3) is 5.23. The van der Waals surface area contributed by atoms with E-state index in [4.69, 9.17) is 0 Å². The first-order valence-electron chi connectivity index (χ1n) is 9.19. The predicted octanol–water partition coefficient (Wildman–Crippen LogP) is 4.92. The van der Waals surface area contributed by atoms with Crippen LogP contribution in [0.5, 0.6) is 0 Å². The van der Waals surface area contributed by atoms with E-state index in [9.17, 15) is 14.4 Å². The van der Waals surface area contributed by atoms with Crippen molar-refractivity contribution in [2.75, 3.05) is 11.9 Å². The Labute approximate surface area is 174 Å². The summed E-state index contributed by atoms with van der Waals surface area (Å²) in [6.07, 6.45) is 3.61. The Bertz CT molecular complexity index is 1030. The monoisotopic (exact) mass is 406 g/mol. The minimum Gasteiger partial charge on any atom is -0.324 e. The van der Waals surface area contributed by atoms with E-state index >= 15 is 0 Å². The Balaban J connectivity index is 1.69. The van der Waals surface area contributed by atoms with Gasteiger partial charge in [-0.05, 0) is 66.9 Å². The maximum Gasteiger partial charge on any atom is 0.294 e. The van der Waals surface area contributed by atoms with Crippen LogP contribution in [0, 0.1) is 13.8 Å². The summed E-state index contributed by atoms with van der Waals surface area (Å²) in [7, 11) is 0. The molecule has 2 aromatic carbocycles. The zero-order chi connectivity index (χ0) is 21.0. The van der Waals surface area contributed by atoms with Crippen molar-refractivity contribution in [3.63, 3.8) is 0 Å². The number of nitrogens with zero attached hydrogens (tertiary/aromatic N) is 1. The minimum absolute atomic E-state index is 0.309. The van der Waals surface area contributed by atoms with Crippen molar-refractivity contribution >= 4 is 40.6 Å². The molecule has 0 unspecified atom stereocenters. The number of nitrogens with one attached hydrogen (secondary N) is 1. The summed E-state index contributed by atoms with van der Waals surface area (Å²) in [5, 5.41) is 2.34. The largest absolute Gasteiger partial charge is 0.324 e. The smallest absolute Gasteiger partial charge is 0.294 e. The molecule has 1 aliphatic rings. The fraction of sp³-hybridized carbons (Fsp3) is 0.174. The fourth-order valence-corrected chi connectivity index (χ4v) is 3.79. The number of thioether (sulfide) groups is 1. The van der Waals surface area contributed by atoms with E-state index in [1.54, 1.807) is 6.08 Å². The van der Waals surface area contributed by atoms with Gasteiger partial charge in [0.25, 0.3) is 11.1 Å². The highest BCUT2D eigenvalue weighted by Gasteiger charge is 2.36. The van der Waals surface area contributed by atoms with Crippen LogP contribution in [0.3, 0.4) is 0 Å². The molecule has 29 heavy (non-hydrogen) atoms. The van der Waals surface area contributed by atoms with Gasteiger partial charge in [-0.3, -0.25) is 19.3 Å². The Kier molecular flexibility index (Phi) is 6.34. The first kappa shape index (κ1) is 20.6. The maximum atomic E-state index is 12.6. The van der Waals surface area contributed by atoms with E-state index in [0.29, 0.717) is 10.6 Å². The number of allylic oxidation sites excluding steroid dienone is 2. The number of anilines is 1. The van der Waals surface area contributed by atoms with Gasteiger partial charge >= 0.3 is 0 Å². The lowest BCUT2D eigenvalue weighted by Crippen LogP contribution is -2.36. The highest BCUT2D eigenvalue weighted by Crippen LogP contribution is 2.31. The van der Waals surface area contributed by atoms with Crippen LogP contribution in [0.15, 0.2) is 65.1 Å². The molecule has 1 fully saturated rings. The minimum atomic E-state index is -0.447. The number of hydrogen-bond acceptors (Lipinski definition) is 4. The Morgan fingerprint density at radius 2 is 1.83 bits per heavy atom. The summed E-state index contributed by atoms with van der Waals surface area (Å²) < 4.78 is 0. The molecule has 0 atom stereocenters. The number of rotatable bonds is 5. The molecule has 1 heterocycles. The number of aryl methyl sites for hydroxylation is 2. The SMILES string of the molecule is CC(=C\c1ccccc1)/C=C1/SC(=O)N(CC(=O)Nc2cc(C)ccc2C)C1=O. The van der Waals surface area contributed by atoms with Crippen LogP contribution in [-0.4, -0.2) is 28.5 Å². The Hall–Kier alpha value is -3.12. The van der Waals surface area contributed by atoms with Crippen molar-refractivity contribution in [1.29, 1.82) is 0 Å². The van der Waals surface area contributed by atoms with Crippen molar-refractivity contribution in [1.82, 2.24) is 4.90 Å². The second-order valence-corrected chi connectivity index (χ2v) is 7.93. The summed E-state index contributed by atoms with van der Waals surface area (Å²) >= 11 is 0.852. The van der Waals surface area contributed by atoms with Gasteiger partial charge in [0.05, 0.1) is 4.91 Å². The highest BCUT2D eigenvalue weighted by molar-refractivity contribution is 8.18. The lowest BCUT2D eigenvalue weighted by molar-refractivity contribution is -0.127. The van der Waals surface area contributed by atoms with Gasteiger partial charge in [-0.1, -0.05) is 48.5 Å². The van der Waals surface area contributed by atoms with Crippen molar-refractivity contribution < 1.29 is 14.4 Å². The molecule has 1 N–H and O–H groups in total. The second kappa shape index (κ2) is 8.92. The zero-order valence-corrected chi connectivity index (χ0v) is 17.4. The molecule has 0 saturated carbocycles. The average Bonchev–Trinajstić information content (AvgIpc) is 2.92. The van der Waals surface area contributed by atoms with Crippen LogP contribution >= 0.6 is 11.8 Å². The summed E-state index contributed by atoms with van der Waals surface area (Å²) in [6, 6.07) is 15.4. The number of benzene rings is 2. The molecule has 1 saturated heterocycles. The third-order valence-corrected chi connectivity index (χ3v) is 5.30. The summed E-state index contributed by atoms with van der Waals surface area (Å²) in [4.78, 5) is 38.6. The van der Waals surface area contributed by atoms with E-state index in [0.717, 1.165) is 38.9 Å². The Morgan fingerprint density at radius 1 is 1.10 bits per heavy atom. The van der Waals surface area contributed by atoms with Gasteiger partial charge < -0.3 is 5.32 Å². The van der Waals surface area contributed by atoms with Crippen LogP contribution < -0.4 is 5.32 Å². The molecule has 0 radical (unpaired) electrons. The zero-order valence-electron chi connectivity index (χ0n) is 16.6. The molecule has 3 rings (SSSR count). The number of imide groups is 1. The molecule has 0 spiro atoms. The molecule has 0 bridgehead atoms.